The van der Waals surface area contributed by atoms with Crippen LogP contribution in [0.15, 0.2) is 18.2 Å². The average molecular weight is 280 g/mol. The highest BCUT2D eigenvalue weighted by Gasteiger charge is 2.32. The number of nitrogens with two attached hydrogens (primary N) is 1. The van der Waals surface area contributed by atoms with E-state index in [-0.39, 0.29) is 22.8 Å². The van der Waals surface area contributed by atoms with Crippen LogP contribution in [0.2, 0.25) is 0 Å². The summed E-state index contributed by atoms with van der Waals surface area (Å²) in [6, 6.07) is 4.08. The predicted molar refractivity (Wildman–Crippen MR) is 72.2 cm³/mol. The van der Waals surface area contributed by atoms with Crippen molar-refractivity contribution in [3.05, 3.63) is 33.9 Å². The highest BCUT2D eigenvalue weighted by atomic mass is 16.6. The molecule has 1 unspecified atom stereocenters. The fourth-order valence-electron chi connectivity index (χ4n) is 2.06. The van der Waals surface area contributed by atoms with Crippen molar-refractivity contribution in [2.24, 2.45) is 5.84 Å². The summed E-state index contributed by atoms with van der Waals surface area (Å²) in [4.78, 5) is 22.5. The van der Waals surface area contributed by atoms with Crippen molar-refractivity contribution in [2.75, 3.05) is 18.6 Å². The van der Waals surface area contributed by atoms with Gasteiger partial charge in [-0.05, 0) is 25.5 Å². The molecule has 0 bridgehead atoms. The van der Waals surface area contributed by atoms with Crippen molar-refractivity contribution in [2.45, 2.75) is 18.9 Å². The summed E-state index contributed by atoms with van der Waals surface area (Å²) in [6.45, 7) is 2.90. The Morgan fingerprint density at radius 2 is 2.30 bits per heavy atom. The van der Waals surface area contributed by atoms with Crippen molar-refractivity contribution in [3.8, 4) is 0 Å². The van der Waals surface area contributed by atoms with Gasteiger partial charge in [-0.1, -0.05) is 0 Å². The molecule has 8 nitrogen and oxygen atoms in total. The predicted octanol–water partition coefficient (Wildman–Crippen LogP) is 0.789. The third-order valence-electron chi connectivity index (χ3n) is 3.25. The largest absolute Gasteiger partial charge is 0.379 e. The Hall–Kier alpha value is -2.19. The van der Waals surface area contributed by atoms with Crippen molar-refractivity contribution in [1.29, 1.82) is 0 Å². The zero-order valence-corrected chi connectivity index (χ0v) is 11.0. The van der Waals surface area contributed by atoms with Gasteiger partial charge in [0.1, 0.15) is 5.69 Å². The maximum absolute atomic E-state index is 12.1. The van der Waals surface area contributed by atoms with E-state index in [1.807, 2.05) is 6.92 Å². The fraction of sp³-hybridized carbons (Fsp3) is 0.417. The summed E-state index contributed by atoms with van der Waals surface area (Å²) in [7, 11) is 0. The summed E-state index contributed by atoms with van der Waals surface area (Å²) in [5.74, 6) is 4.83. The topological polar surface area (TPSA) is 120 Å². The van der Waals surface area contributed by atoms with Gasteiger partial charge < -0.3 is 15.5 Å². The van der Waals surface area contributed by atoms with Crippen molar-refractivity contribution >= 4 is 17.3 Å². The first-order valence-electron chi connectivity index (χ1n) is 6.10. The number of nitrogen functional groups attached to an aromatic ring is 1. The number of carbonyl (C=O) groups excluding carboxylic acids is 1. The van der Waals surface area contributed by atoms with E-state index in [0.29, 0.717) is 19.6 Å². The Kier molecular flexibility index (Phi) is 3.86. The standard InChI is InChI=1S/C12H16N4O4/c1-12(4-5-20-7-12)14-11(17)8-2-3-9(15-13)10(6-8)16(18)19/h2-3,6,15H,4-5,7,13H2,1H3,(H,14,17). The van der Waals surface area contributed by atoms with Crippen molar-refractivity contribution in [1.82, 2.24) is 5.32 Å². The van der Waals surface area contributed by atoms with Crippen LogP contribution in [-0.2, 0) is 4.74 Å². The molecule has 1 amide bonds. The number of hydrogen-bond acceptors (Lipinski definition) is 6. The molecule has 0 saturated carbocycles. The molecule has 1 fully saturated rings. The van der Waals surface area contributed by atoms with E-state index in [1.165, 1.54) is 18.2 Å². The normalized spacial score (nSPS) is 21.5. The maximum atomic E-state index is 12.1. The first-order chi connectivity index (χ1) is 9.45. The molecule has 4 N–H and O–H groups in total. The highest BCUT2D eigenvalue weighted by Crippen LogP contribution is 2.25. The van der Waals surface area contributed by atoms with Gasteiger partial charge in [-0.3, -0.25) is 20.8 Å². The van der Waals surface area contributed by atoms with E-state index < -0.39 is 10.5 Å². The number of rotatable bonds is 4. The number of amides is 1. The van der Waals surface area contributed by atoms with Gasteiger partial charge in [-0.15, -0.1) is 0 Å². The Morgan fingerprint density at radius 1 is 1.55 bits per heavy atom. The Bertz CT molecular complexity index is 540. The average Bonchev–Trinajstić information content (AvgIpc) is 2.84. The van der Waals surface area contributed by atoms with Gasteiger partial charge in [0.2, 0.25) is 0 Å². The second-order valence-corrected chi connectivity index (χ2v) is 4.95. The van der Waals surface area contributed by atoms with Gasteiger partial charge in [-0.25, -0.2) is 0 Å². The van der Waals surface area contributed by atoms with Crippen LogP contribution in [0.5, 0.6) is 0 Å². The zero-order chi connectivity index (χ0) is 14.8. The van der Waals surface area contributed by atoms with E-state index >= 15 is 0 Å². The van der Waals surface area contributed by atoms with Crippen LogP contribution >= 0.6 is 0 Å². The number of nitrogens with one attached hydrogen (secondary N) is 2. The van der Waals surface area contributed by atoms with Gasteiger partial charge in [0.15, 0.2) is 0 Å². The highest BCUT2D eigenvalue weighted by molar-refractivity contribution is 5.96. The van der Waals surface area contributed by atoms with Gasteiger partial charge in [0.05, 0.1) is 17.1 Å². The number of nitro groups is 1. The fourth-order valence-corrected chi connectivity index (χ4v) is 2.06. The molecule has 1 aromatic carbocycles. The van der Waals surface area contributed by atoms with Gasteiger partial charge >= 0.3 is 0 Å². The Morgan fingerprint density at radius 3 is 2.85 bits per heavy atom. The van der Waals surface area contributed by atoms with E-state index in [1.54, 1.807) is 0 Å². The summed E-state index contributed by atoms with van der Waals surface area (Å²) in [5.41, 5.74) is 1.92. The smallest absolute Gasteiger partial charge is 0.294 e. The Labute approximate surface area is 115 Å². The van der Waals surface area contributed by atoms with Gasteiger partial charge in [-0.2, -0.15) is 0 Å². The molecule has 8 heteroatoms. The molecular formula is C12H16N4O4. The molecule has 2 rings (SSSR count). The first-order valence-corrected chi connectivity index (χ1v) is 6.10. The molecule has 0 spiro atoms. The van der Waals surface area contributed by atoms with Crippen molar-refractivity contribution in [3.63, 3.8) is 0 Å². The van der Waals surface area contributed by atoms with Gasteiger partial charge in [0.25, 0.3) is 11.6 Å². The summed E-state index contributed by atoms with van der Waals surface area (Å²) < 4.78 is 5.25. The lowest BCUT2D eigenvalue weighted by molar-refractivity contribution is -0.384. The minimum Gasteiger partial charge on any atom is -0.379 e. The molecule has 20 heavy (non-hydrogen) atoms. The number of benzene rings is 1. The van der Waals surface area contributed by atoms with E-state index in [9.17, 15) is 14.9 Å². The van der Waals surface area contributed by atoms with Crippen LogP contribution in [0.1, 0.15) is 23.7 Å². The van der Waals surface area contributed by atoms with Crippen LogP contribution in [0, 0.1) is 10.1 Å². The molecule has 1 aliphatic rings. The minimum absolute atomic E-state index is 0.155. The van der Waals surface area contributed by atoms with Crippen LogP contribution in [0.25, 0.3) is 0 Å². The lowest BCUT2D eigenvalue weighted by atomic mass is 10.0. The van der Waals surface area contributed by atoms with E-state index in [2.05, 4.69) is 10.7 Å². The van der Waals surface area contributed by atoms with Crippen LogP contribution < -0.4 is 16.6 Å². The molecule has 1 aromatic rings. The lowest BCUT2D eigenvalue weighted by Gasteiger charge is -2.23. The minimum atomic E-state index is -0.591. The van der Waals surface area contributed by atoms with Crippen LogP contribution in [0.4, 0.5) is 11.4 Å². The monoisotopic (exact) mass is 280 g/mol. The van der Waals surface area contributed by atoms with Crippen molar-refractivity contribution < 1.29 is 14.5 Å². The molecular weight excluding hydrogens is 264 g/mol. The SMILES string of the molecule is CC1(NC(=O)c2ccc(NN)c([N+](=O)[O-])c2)CCOC1. The number of ether oxygens (including phenoxy) is 1. The molecule has 0 aromatic heterocycles. The second-order valence-electron chi connectivity index (χ2n) is 4.95. The summed E-state index contributed by atoms with van der Waals surface area (Å²) in [6.07, 6.45) is 0.712. The number of anilines is 1. The summed E-state index contributed by atoms with van der Waals surface area (Å²) >= 11 is 0. The Balaban J connectivity index is 2.22. The lowest BCUT2D eigenvalue weighted by Crippen LogP contribution is -2.46. The molecule has 108 valence electrons. The first kappa shape index (κ1) is 14.2. The quantitative estimate of drug-likeness (QED) is 0.426. The number of hydrogen-bond donors (Lipinski definition) is 3. The molecule has 1 saturated heterocycles. The number of carbonyl (C=O) groups is 1. The maximum Gasteiger partial charge on any atom is 0.294 e. The van der Waals surface area contributed by atoms with E-state index in [4.69, 9.17) is 10.6 Å². The molecule has 0 radical (unpaired) electrons. The second kappa shape index (κ2) is 5.43. The third-order valence-corrected chi connectivity index (χ3v) is 3.25. The van der Waals surface area contributed by atoms with Crippen LogP contribution in [0.3, 0.4) is 0 Å². The summed E-state index contributed by atoms with van der Waals surface area (Å²) in [5, 5.41) is 13.8. The number of nitro benzene ring substituents is 1. The molecule has 0 aliphatic carbocycles. The molecule has 1 aliphatic heterocycles. The number of hydrazine groups is 1. The third kappa shape index (κ3) is 2.86. The molecule has 1 heterocycles. The van der Waals surface area contributed by atoms with E-state index in [0.717, 1.165) is 0 Å². The van der Waals surface area contributed by atoms with Crippen LogP contribution in [-0.4, -0.2) is 29.6 Å². The number of nitrogens with zero attached hydrogens (tertiary/aromatic N) is 1. The van der Waals surface area contributed by atoms with Gasteiger partial charge in [0, 0.05) is 18.2 Å². The molecule has 1 atom stereocenters. The zero-order valence-electron chi connectivity index (χ0n) is 11.0.